The van der Waals surface area contributed by atoms with Crippen molar-refractivity contribution in [2.45, 2.75) is 85.6 Å². The summed E-state index contributed by atoms with van der Waals surface area (Å²) in [5, 5.41) is 0. The second kappa shape index (κ2) is 9.86. The molecular weight excluding hydrogens is 194 g/mol. The molecule has 16 heavy (non-hydrogen) atoms. The van der Waals surface area contributed by atoms with Crippen molar-refractivity contribution in [1.29, 1.82) is 0 Å². The molecule has 0 bridgehead atoms. The maximum Gasteiger partial charge on any atom is 0.0473 e. The average Bonchev–Trinajstić information content (AvgIpc) is 2.15. The Balaban J connectivity index is 3.61. The fourth-order valence-electron chi connectivity index (χ4n) is 2.16. The molecule has 0 heterocycles. The first kappa shape index (κ1) is 15.7. The SMILES string of the molecule is CCCCCCCC(C)=N[C@@H](C)CC(C)C. The highest BCUT2D eigenvalue weighted by Crippen LogP contribution is 2.10. The van der Waals surface area contributed by atoms with Gasteiger partial charge in [0.15, 0.2) is 0 Å². The quantitative estimate of drug-likeness (QED) is 0.376. The molecule has 0 aliphatic heterocycles. The van der Waals surface area contributed by atoms with Gasteiger partial charge in [-0.05, 0) is 39.0 Å². The second-order valence-electron chi connectivity index (χ2n) is 5.51. The van der Waals surface area contributed by atoms with E-state index >= 15 is 0 Å². The zero-order valence-electron chi connectivity index (χ0n) is 12.1. The minimum Gasteiger partial charge on any atom is -0.291 e. The van der Waals surface area contributed by atoms with Crippen LogP contribution in [0, 0.1) is 5.92 Å². The molecule has 1 atom stereocenters. The molecule has 0 aliphatic rings. The first-order valence-electron chi connectivity index (χ1n) is 7.09. The van der Waals surface area contributed by atoms with Crippen LogP contribution in [-0.2, 0) is 0 Å². The van der Waals surface area contributed by atoms with E-state index in [0.29, 0.717) is 6.04 Å². The number of aliphatic imine (C=N–C) groups is 1. The molecule has 0 amide bonds. The summed E-state index contributed by atoms with van der Waals surface area (Å²) in [5.74, 6) is 0.760. The van der Waals surface area contributed by atoms with E-state index in [2.05, 4.69) is 34.6 Å². The molecule has 96 valence electrons. The van der Waals surface area contributed by atoms with Crippen molar-refractivity contribution in [2.24, 2.45) is 10.9 Å². The van der Waals surface area contributed by atoms with Crippen molar-refractivity contribution >= 4 is 5.71 Å². The maximum absolute atomic E-state index is 4.75. The van der Waals surface area contributed by atoms with E-state index in [-0.39, 0.29) is 0 Å². The summed E-state index contributed by atoms with van der Waals surface area (Å²) in [6.07, 6.45) is 9.23. The van der Waals surface area contributed by atoms with Gasteiger partial charge in [-0.2, -0.15) is 0 Å². The predicted molar refractivity (Wildman–Crippen MR) is 75.4 cm³/mol. The molecule has 0 aromatic heterocycles. The van der Waals surface area contributed by atoms with Crippen LogP contribution in [0.4, 0.5) is 0 Å². The lowest BCUT2D eigenvalue weighted by molar-refractivity contribution is 0.520. The summed E-state index contributed by atoms with van der Waals surface area (Å²) >= 11 is 0. The van der Waals surface area contributed by atoms with E-state index in [0.717, 1.165) is 5.92 Å². The van der Waals surface area contributed by atoms with Crippen molar-refractivity contribution in [1.82, 2.24) is 0 Å². The molecule has 0 aliphatic carbocycles. The average molecular weight is 225 g/mol. The van der Waals surface area contributed by atoms with Crippen LogP contribution in [0.1, 0.15) is 79.6 Å². The largest absolute Gasteiger partial charge is 0.291 e. The van der Waals surface area contributed by atoms with Crippen molar-refractivity contribution in [3.8, 4) is 0 Å². The van der Waals surface area contributed by atoms with E-state index in [9.17, 15) is 0 Å². The van der Waals surface area contributed by atoms with Crippen molar-refractivity contribution in [2.75, 3.05) is 0 Å². The van der Waals surface area contributed by atoms with Crippen LogP contribution < -0.4 is 0 Å². The lowest BCUT2D eigenvalue weighted by Crippen LogP contribution is -2.06. The summed E-state index contributed by atoms with van der Waals surface area (Å²) in [4.78, 5) is 4.75. The van der Waals surface area contributed by atoms with Gasteiger partial charge < -0.3 is 0 Å². The molecule has 1 heteroatoms. The van der Waals surface area contributed by atoms with Crippen LogP contribution in [0.15, 0.2) is 4.99 Å². The number of hydrogen-bond acceptors (Lipinski definition) is 1. The molecular formula is C15H31N. The van der Waals surface area contributed by atoms with Crippen molar-refractivity contribution in [3.05, 3.63) is 0 Å². The van der Waals surface area contributed by atoms with Gasteiger partial charge in [-0.25, -0.2) is 0 Å². The molecule has 1 nitrogen and oxygen atoms in total. The lowest BCUT2D eigenvalue weighted by atomic mass is 10.0. The highest BCUT2D eigenvalue weighted by molar-refractivity contribution is 5.81. The van der Waals surface area contributed by atoms with Crippen molar-refractivity contribution in [3.63, 3.8) is 0 Å². The monoisotopic (exact) mass is 225 g/mol. The fraction of sp³-hybridized carbons (Fsp3) is 0.933. The molecule has 0 aromatic carbocycles. The smallest absolute Gasteiger partial charge is 0.0473 e. The molecule has 0 aromatic rings. The molecule has 0 N–H and O–H groups in total. The van der Waals surface area contributed by atoms with Gasteiger partial charge in [0.25, 0.3) is 0 Å². The minimum absolute atomic E-state index is 0.510. The molecule has 0 saturated carbocycles. The molecule has 0 radical (unpaired) electrons. The summed E-state index contributed by atoms with van der Waals surface area (Å²) in [6, 6.07) is 0.510. The standard InChI is InChI=1S/C15H31N/c1-6-7-8-9-10-11-14(4)16-15(5)12-13(2)3/h13,15H,6-12H2,1-5H3/t15-/m0/s1. The third kappa shape index (κ3) is 10.2. The topological polar surface area (TPSA) is 12.4 Å². The van der Waals surface area contributed by atoms with Crippen molar-refractivity contribution < 1.29 is 0 Å². The van der Waals surface area contributed by atoms with E-state index in [1.54, 1.807) is 0 Å². The molecule has 0 unspecified atom stereocenters. The Hall–Kier alpha value is -0.330. The maximum atomic E-state index is 4.75. The summed E-state index contributed by atoms with van der Waals surface area (Å²) in [5.41, 5.74) is 1.35. The highest BCUT2D eigenvalue weighted by Gasteiger charge is 2.03. The van der Waals surface area contributed by atoms with Gasteiger partial charge in [0.2, 0.25) is 0 Å². The number of hydrogen-bond donors (Lipinski definition) is 0. The van der Waals surface area contributed by atoms with Crippen LogP contribution in [0.5, 0.6) is 0 Å². The van der Waals surface area contributed by atoms with E-state index in [1.165, 1.54) is 50.7 Å². The van der Waals surface area contributed by atoms with Crippen LogP contribution in [0.3, 0.4) is 0 Å². The Morgan fingerprint density at radius 1 is 1.00 bits per heavy atom. The Kier molecular flexibility index (Phi) is 9.66. The van der Waals surface area contributed by atoms with E-state index < -0.39 is 0 Å². The minimum atomic E-state index is 0.510. The fourth-order valence-corrected chi connectivity index (χ4v) is 2.16. The summed E-state index contributed by atoms with van der Waals surface area (Å²) in [7, 11) is 0. The third-order valence-electron chi connectivity index (χ3n) is 2.90. The van der Waals surface area contributed by atoms with E-state index in [4.69, 9.17) is 4.99 Å². The van der Waals surface area contributed by atoms with Gasteiger partial charge in [-0.3, -0.25) is 4.99 Å². The molecule has 0 fully saturated rings. The van der Waals surface area contributed by atoms with E-state index in [1.807, 2.05) is 0 Å². The predicted octanol–water partition coefficient (Wildman–Crippen LogP) is 5.24. The Labute approximate surface area is 103 Å². The molecule has 0 saturated heterocycles. The summed E-state index contributed by atoms with van der Waals surface area (Å²) in [6.45, 7) is 11.2. The Morgan fingerprint density at radius 3 is 2.19 bits per heavy atom. The zero-order valence-corrected chi connectivity index (χ0v) is 12.1. The number of unbranched alkanes of at least 4 members (excludes halogenated alkanes) is 4. The van der Waals surface area contributed by atoms with Gasteiger partial charge in [-0.15, -0.1) is 0 Å². The van der Waals surface area contributed by atoms with Gasteiger partial charge in [0.1, 0.15) is 0 Å². The van der Waals surface area contributed by atoms with Gasteiger partial charge in [0, 0.05) is 11.8 Å². The number of rotatable bonds is 9. The van der Waals surface area contributed by atoms with Crippen LogP contribution >= 0.6 is 0 Å². The van der Waals surface area contributed by atoms with Crippen LogP contribution in [-0.4, -0.2) is 11.8 Å². The van der Waals surface area contributed by atoms with Gasteiger partial charge in [-0.1, -0.05) is 46.5 Å². The van der Waals surface area contributed by atoms with Gasteiger partial charge >= 0.3 is 0 Å². The first-order chi connectivity index (χ1) is 7.56. The molecule has 0 rings (SSSR count). The van der Waals surface area contributed by atoms with Gasteiger partial charge in [0.05, 0.1) is 0 Å². The van der Waals surface area contributed by atoms with Crippen LogP contribution in [0.2, 0.25) is 0 Å². The summed E-state index contributed by atoms with van der Waals surface area (Å²) < 4.78 is 0. The first-order valence-corrected chi connectivity index (χ1v) is 7.09. The highest BCUT2D eigenvalue weighted by atomic mass is 14.8. The Morgan fingerprint density at radius 2 is 1.62 bits per heavy atom. The Bertz CT molecular complexity index is 182. The number of nitrogens with zero attached hydrogens (tertiary/aromatic N) is 1. The zero-order chi connectivity index (χ0) is 12.4. The third-order valence-corrected chi connectivity index (χ3v) is 2.90. The second-order valence-corrected chi connectivity index (χ2v) is 5.51. The normalized spacial score (nSPS) is 14.5. The van der Waals surface area contributed by atoms with Crippen LogP contribution in [0.25, 0.3) is 0 Å². The molecule has 0 spiro atoms. The lowest BCUT2D eigenvalue weighted by Gasteiger charge is -2.11.